The van der Waals surface area contributed by atoms with Crippen molar-refractivity contribution in [2.75, 3.05) is 12.3 Å². The van der Waals surface area contributed by atoms with Crippen LogP contribution in [0.2, 0.25) is 0 Å². The van der Waals surface area contributed by atoms with E-state index in [0.717, 1.165) is 19.0 Å². The molecule has 1 saturated heterocycles. The summed E-state index contributed by atoms with van der Waals surface area (Å²) in [5, 5.41) is 21.1. The van der Waals surface area contributed by atoms with Crippen LogP contribution < -0.4 is 10.4 Å². The van der Waals surface area contributed by atoms with Crippen molar-refractivity contribution in [2.24, 2.45) is 0 Å². The van der Waals surface area contributed by atoms with Crippen molar-refractivity contribution in [2.45, 2.75) is 24.5 Å². The highest BCUT2D eigenvalue weighted by Gasteiger charge is 2.49. The number of imidazole rings is 2. The zero-order chi connectivity index (χ0) is 28.9. The van der Waals surface area contributed by atoms with Gasteiger partial charge in [-0.3, -0.25) is 9.09 Å². The lowest BCUT2D eigenvalue weighted by atomic mass is 10.1. The molecule has 4 aromatic rings. The van der Waals surface area contributed by atoms with Crippen molar-refractivity contribution >= 4 is 51.6 Å². The maximum atomic E-state index is 13.4. The van der Waals surface area contributed by atoms with Gasteiger partial charge >= 0.3 is 23.5 Å². The van der Waals surface area contributed by atoms with Gasteiger partial charge in [0.25, 0.3) is 0 Å². The Balaban J connectivity index is 1.39. The number of nitrogens with zero attached hydrogens (tertiary/aromatic N) is 8. The van der Waals surface area contributed by atoms with Gasteiger partial charge in [-0.15, -0.1) is 4.73 Å². The lowest BCUT2D eigenvalue weighted by molar-refractivity contribution is -0.0514. The maximum Gasteiger partial charge on any atom is 0.558 e. The predicted molar refractivity (Wildman–Crippen MR) is 125 cm³/mol. The largest absolute Gasteiger partial charge is 0.558 e. The van der Waals surface area contributed by atoms with Gasteiger partial charge in [0.1, 0.15) is 48.3 Å². The van der Waals surface area contributed by atoms with Crippen molar-refractivity contribution in [1.82, 2.24) is 39.2 Å². The fraction of sp³-hybridized carbons (Fsp3) is 0.333. The molecular weight excluding hydrogens is 607 g/mol. The molecule has 0 spiro atoms. The highest BCUT2D eigenvalue weighted by molar-refractivity contribution is 7.66. The van der Waals surface area contributed by atoms with E-state index in [4.69, 9.17) is 29.4 Å². The van der Waals surface area contributed by atoms with E-state index in [-0.39, 0.29) is 28.1 Å². The van der Waals surface area contributed by atoms with Crippen molar-refractivity contribution in [1.29, 1.82) is 0 Å². The van der Waals surface area contributed by atoms with Crippen LogP contribution in [-0.4, -0.2) is 89.0 Å². The van der Waals surface area contributed by atoms with E-state index < -0.39 is 54.6 Å². The number of hydrogen-bond donors (Lipinski definition) is 6. The van der Waals surface area contributed by atoms with Crippen LogP contribution in [0.15, 0.2) is 31.5 Å². The van der Waals surface area contributed by atoms with E-state index in [0.29, 0.717) is 4.73 Å². The summed E-state index contributed by atoms with van der Waals surface area (Å²) < 4.78 is 62.3. The second-order valence-electron chi connectivity index (χ2n) is 7.88. The summed E-state index contributed by atoms with van der Waals surface area (Å²) in [5.41, 5.74) is 6.08. The van der Waals surface area contributed by atoms with Crippen LogP contribution in [-0.2, 0) is 31.6 Å². The summed E-state index contributed by atoms with van der Waals surface area (Å²) in [7, 11) is -16.8. The number of anilines is 1. The molecule has 22 nitrogen and oxygen atoms in total. The third-order valence-corrected chi connectivity index (χ3v) is 9.32. The van der Waals surface area contributed by atoms with Crippen LogP contribution in [0.4, 0.5) is 5.82 Å². The number of aliphatic hydroxyl groups is 2. The van der Waals surface area contributed by atoms with E-state index in [1.807, 2.05) is 0 Å². The number of hydrogen-bond acceptors (Lipinski definition) is 17. The summed E-state index contributed by atoms with van der Waals surface area (Å²) in [5.74, 6) is 0.0372. The Kier molecular flexibility index (Phi) is 7.46. The third kappa shape index (κ3) is 5.88. The first-order valence-corrected chi connectivity index (χ1v) is 15.1. The third-order valence-electron chi connectivity index (χ3n) is 5.18. The van der Waals surface area contributed by atoms with Crippen LogP contribution >= 0.6 is 23.5 Å². The molecule has 216 valence electrons. The fourth-order valence-corrected chi connectivity index (χ4v) is 7.06. The van der Waals surface area contributed by atoms with Gasteiger partial charge in [0.15, 0.2) is 23.3 Å². The van der Waals surface area contributed by atoms with Crippen molar-refractivity contribution in [3.8, 4) is 0 Å². The summed E-state index contributed by atoms with van der Waals surface area (Å²) >= 11 is 0. The highest BCUT2D eigenvalue weighted by Crippen LogP contribution is 2.67. The number of fused-ring (bicyclic) bond motifs is 2. The fourth-order valence-electron chi connectivity index (χ4n) is 3.57. The van der Waals surface area contributed by atoms with E-state index in [2.05, 4.69) is 38.5 Å². The molecule has 40 heavy (non-hydrogen) atoms. The Labute approximate surface area is 220 Å². The molecule has 1 aliphatic heterocycles. The van der Waals surface area contributed by atoms with Crippen molar-refractivity contribution in [3.05, 3.63) is 31.5 Å². The summed E-state index contributed by atoms with van der Waals surface area (Å²) in [6.45, 7) is -0.937. The standard InChI is InChI=1S/C15H18N9O13P3/c16-12-9-14(20-4-18-12)23(5-22-9)15-11(26)10(25)8(34-15)2-33-40(32,37-39(30,31)36-38(27,28)29)35-24-6-21-7-1-17-3-19-13(7)24/h1,3-6,8,10-11,15,25-26H,2H2,(H,30,31)(H2,16,18,20)(H2,27,28,29)/t8-,10?,11?,15-,40?/m1/s1. The molecule has 4 aromatic heterocycles. The summed E-state index contributed by atoms with van der Waals surface area (Å²) in [6, 6.07) is 0. The minimum absolute atomic E-state index is 0.0372. The van der Waals surface area contributed by atoms with E-state index >= 15 is 0 Å². The lowest BCUT2D eigenvalue weighted by Gasteiger charge is -2.22. The SMILES string of the molecule is Nc1ncnc2c1ncn2[C@@H]1O[C@H](COP(=O)(On2cnc3cncnc32)OP(=O)(O)OP(=O)(O)O)C(O)C1O. The Morgan fingerprint density at radius 1 is 0.950 bits per heavy atom. The van der Waals surface area contributed by atoms with Gasteiger partial charge in [-0.1, -0.05) is 0 Å². The van der Waals surface area contributed by atoms with Crippen LogP contribution in [0, 0.1) is 0 Å². The summed E-state index contributed by atoms with van der Waals surface area (Å²) in [4.78, 5) is 50.8. The minimum atomic E-state index is -5.82. The van der Waals surface area contributed by atoms with Crippen LogP contribution in [0.3, 0.4) is 0 Å². The van der Waals surface area contributed by atoms with Gasteiger partial charge in [0.2, 0.25) is 0 Å². The zero-order valence-corrected chi connectivity index (χ0v) is 22.1. The molecule has 7 N–H and O–H groups in total. The number of ether oxygens (including phenoxy) is 1. The van der Waals surface area contributed by atoms with E-state index in [1.54, 1.807) is 0 Å². The minimum Gasteiger partial charge on any atom is -0.387 e. The summed E-state index contributed by atoms with van der Waals surface area (Å²) in [6.07, 6.45) is -0.577. The second-order valence-corrected chi connectivity index (χ2v) is 12.4. The molecule has 0 amide bonds. The lowest BCUT2D eigenvalue weighted by Crippen LogP contribution is -2.34. The van der Waals surface area contributed by atoms with Crippen LogP contribution in [0.25, 0.3) is 22.3 Å². The number of nitrogens with two attached hydrogens (primary N) is 1. The van der Waals surface area contributed by atoms with Gasteiger partial charge in [-0.05, 0) is 0 Å². The Hall–Kier alpha value is -2.97. The zero-order valence-electron chi connectivity index (χ0n) is 19.4. The molecule has 0 bridgehead atoms. The second kappa shape index (κ2) is 10.5. The maximum absolute atomic E-state index is 13.4. The molecule has 5 heterocycles. The highest BCUT2D eigenvalue weighted by atomic mass is 31.3. The molecule has 25 heteroatoms. The Morgan fingerprint density at radius 2 is 1.70 bits per heavy atom. The van der Waals surface area contributed by atoms with Crippen LogP contribution in [0.1, 0.15) is 6.23 Å². The number of rotatable bonds is 10. The van der Waals surface area contributed by atoms with Gasteiger partial charge in [-0.2, -0.15) is 8.62 Å². The number of aromatic nitrogens is 8. The first-order valence-electron chi connectivity index (χ1n) is 10.6. The predicted octanol–water partition coefficient (Wildman–Crippen LogP) is -1.35. The molecule has 4 unspecified atom stereocenters. The normalized spacial score (nSPS) is 24.7. The molecule has 5 rings (SSSR count). The smallest absolute Gasteiger partial charge is 0.387 e. The molecule has 1 aliphatic rings. The Morgan fingerprint density at radius 3 is 2.45 bits per heavy atom. The molecule has 0 saturated carbocycles. The van der Waals surface area contributed by atoms with Gasteiger partial charge < -0.3 is 40.0 Å². The van der Waals surface area contributed by atoms with E-state index in [9.17, 15) is 28.8 Å². The molecule has 1 fully saturated rings. The molecule has 0 aliphatic carbocycles. The molecular formula is C15H18N9O13P3. The van der Waals surface area contributed by atoms with Crippen molar-refractivity contribution < 1.29 is 61.1 Å². The average Bonchev–Trinajstić information content (AvgIpc) is 3.53. The molecule has 0 radical (unpaired) electrons. The average molecular weight is 625 g/mol. The van der Waals surface area contributed by atoms with Crippen LogP contribution in [0.5, 0.6) is 0 Å². The monoisotopic (exact) mass is 625 g/mol. The number of aliphatic hydroxyl groups excluding tert-OH is 2. The van der Waals surface area contributed by atoms with Gasteiger partial charge in [-0.25, -0.2) is 43.6 Å². The first kappa shape index (κ1) is 28.6. The first-order chi connectivity index (χ1) is 18.8. The van der Waals surface area contributed by atoms with Gasteiger partial charge in [0, 0.05) is 0 Å². The topological polar surface area (TPSA) is 312 Å². The molecule has 0 aromatic carbocycles. The Bertz CT molecular complexity index is 1690. The van der Waals surface area contributed by atoms with Gasteiger partial charge in [0.05, 0.1) is 19.1 Å². The molecule has 6 atom stereocenters. The quantitative estimate of drug-likeness (QED) is 0.111. The number of nitrogen functional groups attached to an aromatic ring is 1. The van der Waals surface area contributed by atoms with Crippen molar-refractivity contribution in [3.63, 3.8) is 0 Å². The van der Waals surface area contributed by atoms with E-state index in [1.165, 1.54) is 17.1 Å². The number of phosphoric acid groups is 3.